The molecule has 0 saturated carbocycles. The minimum atomic E-state index is -4.50. The summed E-state index contributed by atoms with van der Waals surface area (Å²) in [5, 5.41) is 2.64. The quantitative estimate of drug-likeness (QED) is 0.435. The summed E-state index contributed by atoms with van der Waals surface area (Å²) in [4.78, 5) is 7.76. The Balaban J connectivity index is 1.72. The first-order valence-corrected chi connectivity index (χ1v) is 8.17. The molecule has 0 spiro atoms. The minimum absolute atomic E-state index is 0.0685. The lowest BCUT2D eigenvalue weighted by atomic mass is 10.2. The van der Waals surface area contributed by atoms with Gasteiger partial charge in [-0.3, -0.25) is 4.99 Å². The van der Waals surface area contributed by atoms with Crippen molar-refractivity contribution in [2.75, 3.05) is 19.7 Å². The molecule has 9 heteroatoms. The third-order valence-corrected chi connectivity index (χ3v) is 3.58. The van der Waals surface area contributed by atoms with Crippen LogP contribution in [0, 0.1) is 0 Å². The van der Waals surface area contributed by atoms with E-state index in [4.69, 9.17) is 22.1 Å². The van der Waals surface area contributed by atoms with Crippen LogP contribution in [0.25, 0.3) is 0 Å². The van der Waals surface area contributed by atoms with E-state index in [1.807, 2.05) is 30.3 Å². The molecule has 0 bridgehead atoms. The van der Waals surface area contributed by atoms with Crippen molar-refractivity contribution < 1.29 is 17.9 Å². The standard InChI is InChI=1S/C17H18ClF3N4O/c18-14-10-13(17(19,20)21)11-25-15(14)26-9-8-24-16(22)23-7-6-12-4-2-1-3-5-12/h1-5,10-11H,6-9H2,(H3,22,23,24). The van der Waals surface area contributed by atoms with Gasteiger partial charge in [0, 0.05) is 12.7 Å². The lowest BCUT2D eigenvalue weighted by Gasteiger charge is -2.11. The highest BCUT2D eigenvalue weighted by Gasteiger charge is 2.31. The van der Waals surface area contributed by atoms with Gasteiger partial charge in [-0.05, 0) is 18.1 Å². The summed E-state index contributed by atoms with van der Waals surface area (Å²) in [5.41, 5.74) is 5.97. The Morgan fingerprint density at radius 2 is 2.00 bits per heavy atom. The number of benzene rings is 1. The van der Waals surface area contributed by atoms with Gasteiger partial charge in [-0.1, -0.05) is 41.9 Å². The molecule has 3 N–H and O–H groups in total. The van der Waals surface area contributed by atoms with Gasteiger partial charge in [0.05, 0.1) is 12.1 Å². The molecular weight excluding hydrogens is 369 g/mol. The van der Waals surface area contributed by atoms with E-state index in [9.17, 15) is 13.2 Å². The molecule has 5 nitrogen and oxygen atoms in total. The Morgan fingerprint density at radius 3 is 2.65 bits per heavy atom. The minimum Gasteiger partial charge on any atom is -0.475 e. The maximum Gasteiger partial charge on any atom is 0.417 e. The van der Waals surface area contributed by atoms with Gasteiger partial charge in [0.15, 0.2) is 5.96 Å². The second-order valence-corrected chi connectivity index (χ2v) is 5.69. The number of aliphatic imine (C=N–C) groups is 1. The number of hydrogen-bond donors (Lipinski definition) is 2. The topological polar surface area (TPSA) is 72.5 Å². The molecule has 0 aliphatic carbocycles. The van der Waals surface area contributed by atoms with E-state index < -0.39 is 11.7 Å². The number of aromatic nitrogens is 1. The first kappa shape index (κ1) is 19.8. The number of pyridine rings is 1. The van der Waals surface area contributed by atoms with Gasteiger partial charge in [0.1, 0.15) is 11.6 Å². The summed E-state index contributed by atoms with van der Waals surface area (Å²) >= 11 is 5.75. The monoisotopic (exact) mass is 386 g/mol. The number of rotatable bonds is 7. The Labute approximate surface area is 154 Å². The summed E-state index contributed by atoms with van der Waals surface area (Å²) in [5.74, 6) is 0.192. The van der Waals surface area contributed by atoms with E-state index in [-0.39, 0.29) is 23.5 Å². The molecule has 0 atom stereocenters. The van der Waals surface area contributed by atoms with Crippen LogP contribution >= 0.6 is 11.6 Å². The van der Waals surface area contributed by atoms with Gasteiger partial charge in [0.25, 0.3) is 0 Å². The van der Waals surface area contributed by atoms with Crippen LogP contribution in [0.3, 0.4) is 0 Å². The number of guanidine groups is 1. The number of nitrogens with zero attached hydrogens (tertiary/aromatic N) is 2. The number of hydrogen-bond acceptors (Lipinski definition) is 3. The number of nitrogens with two attached hydrogens (primary N) is 1. The van der Waals surface area contributed by atoms with Crippen molar-refractivity contribution in [2.24, 2.45) is 10.7 Å². The molecule has 0 saturated heterocycles. The average Bonchev–Trinajstić information content (AvgIpc) is 2.60. The Bertz CT molecular complexity index is 739. The van der Waals surface area contributed by atoms with Crippen LogP contribution in [0.5, 0.6) is 5.88 Å². The molecule has 0 unspecified atom stereocenters. The van der Waals surface area contributed by atoms with Crippen molar-refractivity contribution in [2.45, 2.75) is 12.6 Å². The van der Waals surface area contributed by atoms with Crippen molar-refractivity contribution in [1.29, 1.82) is 0 Å². The second-order valence-electron chi connectivity index (χ2n) is 5.29. The van der Waals surface area contributed by atoms with Crippen LogP contribution in [-0.2, 0) is 12.6 Å². The number of alkyl halides is 3. The van der Waals surface area contributed by atoms with Crippen LogP contribution in [0.4, 0.5) is 13.2 Å². The van der Waals surface area contributed by atoms with E-state index in [2.05, 4.69) is 15.3 Å². The summed E-state index contributed by atoms with van der Waals surface area (Å²) in [6.07, 6.45) is -3.06. The molecule has 0 radical (unpaired) electrons. The van der Waals surface area contributed by atoms with Gasteiger partial charge >= 0.3 is 6.18 Å². The normalized spacial score (nSPS) is 12.1. The molecular formula is C17H18ClF3N4O. The average molecular weight is 387 g/mol. The van der Waals surface area contributed by atoms with E-state index in [0.717, 1.165) is 18.1 Å². The fourth-order valence-electron chi connectivity index (χ4n) is 2.02. The third-order valence-electron chi connectivity index (χ3n) is 3.31. The van der Waals surface area contributed by atoms with E-state index >= 15 is 0 Å². The molecule has 2 aromatic rings. The zero-order valence-corrected chi connectivity index (χ0v) is 14.5. The summed E-state index contributed by atoms with van der Waals surface area (Å²) in [7, 11) is 0. The van der Waals surface area contributed by atoms with Crippen molar-refractivity contribution in [3.05, 3.63) is 58.7 Å². The Hall–Kier alpha value is -2.48. The molecule has 140 valence electrons. The fraction of sp³-hybridized carbons (Fsp3) is 0.294. The van der Waals surface area contributed by atoms with Crippen molar-refractivity contribution in [3.63, 3.8) is 0 Å². The summed E-state index contributed by atoms with van der Waals surface area (Å²) in [6.45, 7) is 0.961. The van der Waals surface area contributed by atoms with Crippen LogP contribution in [-0.4, -0.2) is 30.6 Å². The molecule has 0 amide bonds. The summed E-state index contributed by atoms with van der Waals surface area (Å²) in [6, 6.07) is 10.6. The second kappa shape index (κ2) is 9.28. The highest BCUT2D eigenvalue weighted by molar-refractivity contribution is 6.31. The van der Waals surface area contributed by atoms with E-state index in [1.54, 1.807) is 0 Å². The van der Waals surface area contributed by atoms with Gasteiger partial charge in [0.2, 0.25) is 5.88 Å². The first-order valence-electron chi connectivity index (χ1n) is 7.79. The van der Waals surface area contributed by atoms with E-state index in [1.165, 1.54) is 0 Å². The first-order chi connectivity index (χ1) is 12.4. The van der Waals surface area contributed by atoms with Crippen molar-refractivity contribution >= 4 is 17.6 Å². The zero-order valence-electron chi connectivity index (χ0n) is 13.8. The molecule has 0 aliphatic rings. The molecule has 0 fully saturated rings. The van der Waals surface area contributed by atoms with Gasteiger partial charge in [-0.25, -0.2) is 4.98 Å². The summed E-state index contributed by atoms with van der Waals surface area (Å²) < 4.78 is 42.8. The van der Waals surface area contributed by atoms with Gasteiger partial charge < -0.3 is 15.8 Å². The SMILES string of the molecule is NC(=NCCc1ccccc1)NCCOc1ncc(C(F)(F)F)cc1Cl. The molecule has 2 rings (SSSR count). The van der Waals surface area contributed by atoms with E-state index in [0.29, 0.717) is 19.3 Å². The Morgan fingerprint density at radius 1 is 1.27 bits per heavy atom. The highest BCUT2D eigenvalue weighted by atomic mass is 35.5. The zero-order chi connectivity index (χ0) is 19.0. The molecule has 0 aliphatic heterocycles. The molecule has 26 heavy (non-hydrogen) atoms. The van der Waals surface area contributed by atoms with Crippen LogP contribution in [0.1, 0.15) is 11.1 Å². The van der Waals surface area contributed by atoms with Crippen LogP contribution in [0.15, 0.2) is 47.6 Å². The number of nitrogens with one attached hydrogen (secondary N) is 1. The number of halogens is 4. The Kier molecular flexibility index (Phi) is 7.08. The molecule has 1 aromatic heterocycles. The van der Waals surface area contributed by atoms with Crippen molar-refractivity contribution in [1.82, 2.24) is 10.3 Å². The maximum absolute atomic E-state index is 12.5. The predicted octanol–water partition coefficient (Wildman–Crippen LogP) is 3.28. The van der Waals surface area contributed by atoms with Crippen LogP contribution < -0.4 is 15.8 Å². The lowest BCUT2D eigenvalue weighted by Crippen LogP contribution is -2.35. The van der Waals surface area contributed by atoms with Crippen LogP contribution in [0.2, 0.25) is 5.02 Å². The van der Waals surface area contributed by atoms with Gasteiger partial charge in [-0.15, -0.1) is 0 Å². The third kappa shape index (κ3) is 6.44. The lowest BCUT2D eigenvalue weighted by molar-refractivity contribution is -0.137. The molecule has 1 heterocycles. The maximum atomic E-state index is 12.5. The van der Waals surface area contributed by atoms with Gasteiger partial charge in [-0.2, -0.15) is 13.2 Å². The van der Waals surface area contributed by atoms with Crippen molar-refractivity contribution in [3.8, 4) is 5.88 Å². The fourth-order valence-corrected chi connectivity index (χ4v) is 2.24. The smallest absolute Gasteiger partial charge is 0.417 e. The molecule has 1 aromatic carbocycles. The largest absolute Gasteiger partial charge is 0.475 e. The predicted molar refractivity (Wildman–Crippen MR) is 94.4 cm³/mol. The highest BCUT2D eigenvalue weighted by Crippen LogP contribution is 2.32. The number of ether oxygens (including phenoxy) is 1.